The van der Waals surface area contributed by atoms with Gasteiger partial charge in [0.2, 0.25) is 0 Å². The lowest BCUT2D eigenvalue weighted by atomic mass is 10.0. The van der Waals surface area contributed by atoms with Crippen LogP contribution in [0.3, 0.4) is 0 Å². The topological polar surface area (TPSA) is 370 Å². The van der Waals surface area contributed by atoms with Gasteiger partial charge in [0, 0.05) is 73.9 Å². The first-order valence-corrected chi connectivity index (χ1v) is 42.3. The zero-order valence-electron chi connectivity index (χ0n) is 69.6. The Kier molecular flexibility index (Phi) is 24.3. The van der Waals surface area contributed by atoms with Gasteiger partial charge in [-0.2, -0.15) is 0 Å². The van der Waals surface area contributed by atoms with Gasteiger partial charge < -0.3 is 69.4 Å². The Hall–Kier alpha value is -13.5. The van der Waals surface area contributed by atoms with Crippen LogP contribution < -0.4 is 43.5 Å². The SMILES string of the molecule is CC(Nc1ncnc2nc[nH]c12)c1cc2cccc(Cl)c2c(=O)n1-c1ccccc1.Cc1cccc2cc(C(C)Nc3ncnc4nc[nH]c34)n(C3CCOCC3)c(=O)c12.Cc1cccc2cc(C(C)Nc3ncnc4nc[nH]c34)n(CCN3CCCC3)c(=O)c12.Cc1cccc2cc(C(C)Nc3ncnc4nc[nH]c34)n(CCN3CCCCC3)c(=O)c12. The average molecular weight is 1670 g/mol. The molecule has 8 N–H and O–H groups in total. The molecule has 5 aromatic carbocycles. The van der Waals surface area contributed by atoms with Gasteiger partial charge in [-0.05, 0) is 194 Å². The number of piperidine rings is 1. The number of hydrogen-bond donors (Lipinski definition) is 8. The van der Waals surface area contributed by atoms with Crippen molar-refractivity contribution in [2.24, 2.45) is 0 Å². The molecule has 3 fully saturated rings. The minimum absolute atomic E-state index is 0.0653. The molecule has 0 amide bonds. The van der Waals surface area contributed by atoms with Gasteiger partial charge in [-0.1, -0.05) is 103 Å². The molecule has 20 rings (SSSR count). The highest BCUT2D eigenvalue weighted by Crippen LogP contribution is 2.34. The van der Waals surface area contributed by atoms with Crippen LogP contribution in [0.4, 0.5) is 23.3 Å². The molecule has 628 valence electrons. The highest BCUT2D eigenvalue weighted by Gasteiger charge is 2.28. The van der Waals surface area contributed by atoms with Gasteiger partial charge in [0.1, 0.15) is 47.4 Å². The van der Waals surface area contributed by atoms with Crippen molar-refractivity contribution in [2.75, 3.05) is 73.7 Å². The van der Waals surface area contributed by atoms with Crippen LogP contribution >= 0.6 is 11.6 Å². The maximum Gasteiger partial charge on any atom is 0.264 e. The third kappa shape index (κ3) is 17.2. The molecule has 17 aromatic rings. The molecular formula is C91H97ClN26O5. The fourth-order valence-electron chi connectivity index (χ4n) is 17.4. The first-order chi connectivity index (χ1) is 60.0. The van der Waals surface area contributed by atoms with E-state index in [9.17, 15) is 19.2 Å². The largest absolute Gasteiger partial charge is 0.381 e. The Bertz CT molecular complexity index is 6940. The second-order valence-electron chi connectivity index (χ2n) is 31.7. The molecule has 0 bridgehead atoms. The molecule has 3 saturated heterocycles. The molecule has 0 saturated carbocycles. The quantitative estimate of drug-likeness (QED) is 0.0351. The fraction of sp³-hybridized carbons (Fsp3) is 0.319. The van der Waals surface area contributed by atoms with Crippen molar-refractivity contribution >= 4 is 123 Å². The molecule has 3 aliphatic rings. The number of fused-ring (bicyclic) bond motifs is 8. The van der Waals surface area contributed by atoms with Gasteiger partial charge in [0.25, 0.3) is 22.2 Å². The number of aryl methyl sites for hydroxylation is 3. The summed E-state index contributed by atoms with van der Waals surface area (Å²) in [5.41, 5.74) is 12.9. The fourth-order valence-corrected chi connectivity index (χ4v) is 17.6. The van der Waals surface area contributed by atoms with Crippen LogP contribution in [0.1, 0.15) is 142 Å². The molecule has 4 unspecified atom stereocenters. The molecule has 123 heavy (non-hydrogen) atoms. The number of hydrogen-bond acceptors (Lipinski definition) is 23. The van der Waals surface area contributed by atoms with E-state index in [1.165, 1.54) is 57.4 Å². The van der Waals surface area contributed by atoms with E-state index in [0.29, 0.717) is 88.1 Å². The van der Waals surface area contributed by atoms with Gasteiger partial charge in [-0.3, -0.25) is 23.7 Å². The summed E-state index contributed by atoms with van der Waals surface area (Å²) < 4.78 is 13.1. The minimum atomic E-state index is -0.248. The molecule has 15 heterocycles. The summed E-state index contributed by atoms with van der Waals surface area (Å²) in [5.74, 6) is 2.64. The van der Waals surface area contributed by atoms with E-state index in [4.69, 9.17) is 16.3 Å². The zero-order valence-corrected chi connectivity index (χ0v) is 70.4. The van der Waals surface area contributed by atoms with Crippen molar-refractivity contribution in [3.8, 4) is 5.69 Å². The van der Waals surface area contributed by atoms with Crippen molar-refractivity contribution < 1.29 is 4.74 Å². The Morgan fingerprint density at radius 1 is 0.390 bits per heavy atom. The molecule has 3 aliphatic heterocycles. The number of pyridine rings is 4. The van der Waals surface area contributed by atoms with Crippen molar-refractivity contribution in [2.45, 2.75) is 137 Å². The van der Waals surface area contributed by atoms with Crippen LogP contribution in [0.5, 0.6) is 0 Å². The number of nitrogens with one attached hydrogen (secondary N) is 8. The number of benzene rings is 5. The van der Waals surface area contributed by atoms with E-state index >= 15 is 0 Å². The van der Waals surface area contributed by atoms with Crippen molar-refractivity contribution in [3.63, 3.8) is 0 Å². The highest BCUT2D eigenvalue weighted by molar-refractivity contribution is 6.35. The zero-order chi connectivity index (χ0) is 84.8. The van der Waals surface area contributed by atoms with Crippen molar-refractivity contribution in [1.29, 1.82) is 0 Å². The number of H-pyrrole nitrogens is 4. The van der Waals surface area contributed by atoms with E-state index in [1.54, 1.807) is 35.9 Å². The van der Waals surface area contributed by atoms with E-state index in [0.717, 1.165) is 152 Å². The Balaban J connectivity index is 0.000000116. The third-order valence-electron chi connectivity index (χ3n) is 23.7. The van der Waals surface area contributed by atoms with E-state index in [2.05, 4.69) is 150 Å². The maximum atomic E-state index is 13.6. The van der Waals surface area contributed by atoms with E-state index in [-0.39, 0.29) is 52.4 Å². The standard InChI is InChI=1S/C24H29N7O.C23H27N7O.C22H17ClN6O.C22H24N6O2/c1-16-7-6-8-18-13-19(17(2)29-23-21-22(26-14-25-21)27-15-28-23)31(24(32)20(16)18)12-11-30-9-4-3-5-10-30;1-15-6-5-7-17-12-18(16(2)28-22-20-21(25-13-24-20)26-14-27-22)30(23(31)19(15)17)11-10-29-8-3-4-9-29;1-13(28-21-19-20(25-11-24-19)26-12-27-21)17-10-14-6-5-9-16(23)18(14)22(30)29(17)15-7-3-2-4-8-15;1-13-4-3-5-15-10-17(28(22(29)18(13)15)16-6-8-30-9-7-16)14(2)27-21-19-20(24-11-23-19)25-12-26-21/h6-8,13-15,17H,3-5,9-12H2,1-2H3,(H2,25,26,27,28,29);5-7,12-14,16H,3-4,8-11H2,1-2H3,(H2,24,25,26,27,28);2-13H,1H3,(H2,24,25,26,27,28);3-5,10-12,14,16H,6-9H2,1-2H3,(H2,23,24,25,26,27). The van der Waals surface area contributed by atoms with Crippen LogP contribution in [0.25, 0.3) is 93.4 Å². The van der Waals surface area contributed by atoms with Gasteiger partial charge >= 0.3 is 0 Å². The number of nitrogens with zero attached hydrogens (tertiary/aromatic N) is 18. The minimum Gasteiger partial charge on any atom is -0.381 e. The van der Waals surface area contributed by atoms with Gasteiger partial charge in [-0.15, -0.1) is 0 Å². The van der Waals surface area contributed by atoms with Crippen LogP contribution in [-0.2, 0) is 17.8 Å². The van der Waals surface area contributed by atoms with Crippen LogP contribution in [0, 0.1) is 20.8 Å². The summed E-state index contributed by atoms with van der Waals surface area (Å²) in [4.78, 5) is 123. The number of rotatable bonds is 20. The molecule has 31 nitrogen and oxygen atoms in total. The number of likely N-dealkylation sites (tertiary alicyclic amines) is 2. The van der Waals surface area contributed by atoms with E-state index < -0.39 is 0 Å². The predicted octanol–water partition coefficient (Wildman–Crippen LogP) is 14.9. The molecule has 0 radical (unpaired) electrons. The summed E-state index contributed by atoms with van der Waals surface area (Å²) >= 11 is 6.38. The second kappa shape index (κ2) is 36.4. The summed E-state index contributed by atoms with van der Waals surface area (Å²) in [5, 5.41) is 20.8. The van der Waals surface area contributed by atoms with Gasteiger partial charge in [0.05, 0.1) is 76.0 Å². The van der Waals surface area contributed by atoms with Crippen LogP contribution in [0.15, 0.2) is 197 Å². The molecule has 0 aliphatic carbocycles. The lowest BCUT2D eigenvalue weighted by Gasteiger charge is -2.30. The number of para-hydroxylation sites is 1. The Morgan fingerprint density at radius 2 is 0.748 bits per heavy atom. The lowest BCUT2D eigenvalue weighted by molar-refractivity contribution is 0.0678. The highest BCUT2D eigenvalue weighted by atomic mass is 35.5. The van der Waals surface area contributed by atoms with Crippen molar-refractivity contribution in [1.82, 2.24) is 108 Å². The number of aromatic amines is 4. The van der Waals surface area contributed by atoms with Crippen molar-refractivity contribution in [3.05, 3.63) is 264 Å². The number of aromatic nitrogens is 20. The number of imidazole rings is 4. The molecular weight excluding hydrogens is 1570 g/mol. The number of halogens is 1. The summed E-state index contributed by atoms with van der Waals surface area (Å²) in [6.07, 6.45) is 20.3. The maximum absolute atomic E-state index is 13.6. The number of anilines is 4. The summed E-state index contributed by atoms with van der Waals surface area (Å²) in [6, 6.07) is 40.9. The number of ether oxygens (including phenoxy) is 1. The molecule has 32 heteroatoms. The molecule has 4 atom stereocenters. The van der Waals surface area contributed by atoms with Gasteiger partial charge in [0.15, 0.2) is 45.9 Å². The molecule has 12 aromatic heterocycles. The van der Waals surface area contributed by atoms with E-state index in [1.807, 2.05) is 145 Å². The third-order valence-corrected chi connectivity index (χ3v) is 24.0. The average Bonchev–Trinajstić information content (AvgIpc) is 1.37. The first kappa shape index (κ1) is 81.9. The lowest BCUT2D eigenvalue weighted by Crippen LogP contribution is -2.36. The Labute approximate surface area is 711 Å². The predicted molar refractivity (Wildman–Crippen MR) is 483 cm³/mol. The normalized spacial score (nSPS) is 15.1. The second-order valence-corrected chi connectivity index (χ2v) is 32.1. The smallest absolute Gasteiger partial charge is 0.264 e. The van der Waals surface area contributed by atoms with Gasteiger partial charge in [-0.25, -0.2) is 59.8 Å². The molecule has 0 spiro atoms. The monoisotopic (exact) mass is 1670 g/mol. The van der Waals surface area contributed by atoms with Crippen LogP contribution in [0.2, 0.25) is 5.02 Å². The first-order valence-electron chi connectivity index (χ1n) is 42.0. The summed E-state index contributed by atoms with van der Waals surface area (Å²) in [6.45, 7) is 23.1. The summed E-state index contributed by atoms with van der Waals surface area (Å²) in [7, 11) is 0. The van der Waals surface area contributed by atoms with Crippen LogP contribution in [-0.4, -0.2) is 160 Å². The Morgan fingerprint density at radius 3 is 1.17 bits per heavy atom.